The summed E-state index contributed by atoms with van der Waals surface area (Å²) in [4.78, 5) is 15.1. The van der Waals surface area contributed by atoms with Gasteiger partial charge in [-0.15, -0.1) is 0 Å². The van der Waals surface area contributed by atoms with Gasteiger partial charge in [0, 0.05) is 31.1 Å². The van der Waals surface area contributed by atoms with Gasteiger partial charge in [0.05, 0.1) is 7.11 Å². The number of nitrogens with zero attached hydrogens (tertiary/aromatic N) is 1. The molecule has 1 amide bonds. The number of hydrogen-bond acceptors (Lipinski definition) is 3. The third kappa shape index (κ3) is 1.69. The summed E-state index contributed by atoms with van der Waals surface area (Å²) in [5, 5.41) is 2.80. The fourth-order valence-corrected chi connectivity index (χ4v) is 1.59. The summed E-state index contributed by atoms with van der Waals surface area (Å²) in [6.45, 7) is 0.715. The van der Waals surface area contributed by atoms with E-state index in [2.05, 4.69) is 10.3 Å². The quantitative estimate of drug-likeness (QED) is 0.750. The van der Waals surface area contributed by atoms with Crippen LogP contribution in [0.4, 0.5) is 0 Å². The Morgan fingerprint density at radius 2 is 2.43 bits per heavy atom. The summed E-state index contributed by atoms with van der Waals surface area (Å²) < 4.78 is 4.96. The highest BCUT2D eigenvalue weighted by molar-refractivity contribution is 5.79. The van der Waals surface area contributed by atoms with E-state index < -0.39 is 0 Å². The summed E-state index contributed by atoms with van der Waals surface area (Å²) >= 11 is 0. The normalized spacial score (nSPS) is 20.6. The van der Waals surface area contributed by atoms with Crippen molar-refractivity contribution >= 4 is 5.91 Å². The van der Waals surface area contributed by atoms with Crippen LogP contribution in [0.15, 0.2) is 18.3 Å². The maximum Gasteiger partial charge on any atom is 0.220 e. The van der Waals surface area contributed by atoms with Crippen LogP contribution in [0.3, 0.4) is 0 Å². The number of nitrogens with one attached hydrogen (secondary N) is 1. The highest BCUT2D eigenvalue weighted by atomic mass is 16.5. The van der Waals surface area contributed by atoms with Gasteiger partial charge in [0.25, 0.3) is 0 Å². The highest BCUT2D eigenvalue weighted by Crippen LogP contribution is 2.23. The van der Waals surface area contributed by atoms with Gasteiger partial charge in [0.2, 0.25) is 11.8 Å². The molecule has 0 radical (unpaired) electrons. The fourth-order valence-electron chi connectivity index (χ4n) is 1.59. The van der Waals surface area contributed by atoms with Crippen LogP contribution in [0.2, 0.25) is 0 Å². The first-order valence-corrected chi connectivity index (χ1v) is 4.56. The Kier molecular flexibility index (Phi) is 2.35. The number of amides is 1. The van der Waals surface area contributed by atoms with Crippen LogP contribution in [-0.4, -0.2) is 24.5 Å². The minimum absolute atomic E-state index is 0.116. The zero-order valence-electron chi connectivity index (χ0n) is 7.99. The van der Waals surface area contributed by atoms with Gasteiger partial charge < -0.3 is 10.1 Å². The Bertz CT molecular complexity index is 334. The molecule has 0 saturated carbocycles. The number of hydrogen-bond donors (Lipinski definition) is 1. The molecule has 0 bridgehead atoms. The van der Waals surface area contributed by atoms with Gasteiger partial charge in [0.15, 0.2) is 0 Å². The molecule has 1 aliphatic heterocycles. The van der Waals surface area contributed by atoms with Crippen molar-refractivity contribution in [3.05, 3.63) is 23.9 Å². The number of aromatic nitrogens is 1. The number of pyridine rings is 1. The van der Waals surface area contributed by atoms with Crippen LogP contribution in [0.25, 0.3) is 0 Å². The molecule has 14 heavy (non-hydrogen) atoms. The van der Waals surface area contributed by atoms with Crippen molar-refractivity contribution < 1.29 is 9.53 Å². The van der Waals surface area contributed by atoms with E-state index in [1.807, 2.05) is 12.1 Å². The fraction of sp³-hybridized carbons (Fsp3) is 0.400. The minimum atomic E-state index is 0.116. The molecule has 1 saturated heterocycles. The van der Waals surface area contributed by atoms with Crippen LogP contribution in [0.1, 0.15) is 17.9 Å². The number of methoxy groups -OCH3 is 1. The van der Waals surface area contributed by atoms with E-state index in [0.29, 0.717) is 18.8 Å². The van der Waals surface area contributed by atoms with Gasteiger partial charge in [-0.1, -0.05) is 6.07 Å². The number of carbonyl (C=O) groups excluding carboxylic acids is 1. The highest BCUT2D eigenvalue weighted by Gasteiger charge is 2.22. The van der Waals surface area contributed by atoms with E-state index in [9.17, 15) is 4.79 Å². The summed E-state index contributed by atoms with van der Waals surface area (Å²) in [6.07, 6.45) is 2.33. The Balaban J connectivity index is 2.13. The van der Waals surface area contributed by atoms with Gasteiger partial charge in [-0.3, -0.25) is 4.79 Å². The lowest BCUT2D eigenvalue weighted by atomic mass is 10.0. The summed E-state index contributed by atoms with van der Waals surface area (Å²) in [5.41, 5.74) is 1.09. The lowest BCUT2D eigenvalue weighted by molar-refractivity contribution is -0.119. The second kappa shape index (κ2) is 3.65. The van der Waals surface area contributed by atoms with Crippen molar-refractivity contribution in [1.82, 2.24) is 10.3 Å². The van der Waals surface area contributed by atoms with E-state index in [1.165, 1.54) is 0 Å². The van der Waals surface area contributed by atoms with E-state index in [-0.39, 0.29) is 11.8 Å². The van der Waals surface area contributed by atoms with E-state index in [0.717, 1.165) is 5.56 Å². The average molecular weight is 192 g/mol. The summed E-state index contributed by atoms with van der Waals surface area (Å²) in [7, 11) is 1.59. The number of carbonyl (C=O) groups is 1. The van der Waals surface area contributed by atoms with Gasteiger partial charge in [-0.05, 0) is 5.56 Å². The van der Waals surface area contributed by atoms with Gasteiger partial charge in [-0.25, -0.2) is 4.98 Å². The second-order valence-corrected chi connectivity index (χ2v) is 3.34. The number of rotatable bonds is 2. The predicted molar refractivity (Wildman–Crippen MR) is 51.2 cm³/mol. The molecule has 74 valence electrons. The molecule has 0 aliphatic carbocycles. The first-order chi connectivity index (χ1) is 6.79. The Labute approximate surface area is 82.3 Å². The van der Waals surface area contributed by atoms with Gasteiger partial charge >= 0.3 is 0 Å². The molecule has 1 N–H and O–H groups in total. The van der Waals surface area contributed by atoms with Crippen LogP contribution < -0.4 is 10.1 Å². The maximum absolute atomic E-state index is 11.0. The van der Waals surface area contributed by atoms with Crippen molar-refractivity contribution in [2.45, 2.75) is 12.3 Å². The molecule has 2 heterocycles. The predicted octanol–water partition coefficient (Wildman–Crippen LogP) is 0.694. The van der Waals surface area contributed by atoms with E-state index >= 15 is 0 Å². The third-order valence-corrected chi connectivity index (χ3v) is 2.42. The molecule has 0 unspecified atom stereocenters. The van der Waals surface area contributed by atoms with Crippen LogP contribution >= 0.6 is 0 Å². The van der Waals surface area contributed by atoms with Crippen molar-refractivity contribution in [2.24, 2.45) is 0 Å². The molecule has 4 nitrogen and oxygen atoms in total. The molecule has 1 atom stereocenters. The van der Waals surface area contributed by atoms with Crippen LogP contribution in [0.5, 0.6) is 5.88 Å². The molecule has 1 aliphatic rings. The third-order valence-electron chi connectivity index (χ3n) is 2.42. The van der Waals surface area contributed by atoms with Crippen molar-refractivity contribution in [2.75, 3.05) is 13.7 Å². The topological polar surface area (TPSA) is 51.2 Å². The first kappa shape index (κ1) is 8.99. The molecule has 0 aromatic carbocycles. The Hall–Kier alpha value is -1.58. The molecule has 0 spiro atoms. The largest absolute Gasteiger partial charge is 0.481 e. The maximum atomic E-state index is 11.0. The zero-order chi connectivity index (χ0) is 9.97. The lowest BCUT2D eigenvalue weighted by Crippen LogP contribution is -2.13. The molecule has 2 rings (SSSR count). The smallest absolute Gasteiger partial charge is 0.220 e. The number of ether oxygens (including phenoxy) is 1. The monoisotopic (exact) mass is 192 g/mol. The molecular formula is C10H12N2O2. The first-order valence-electron chi connectivity index (χ1n) is 4.56. The van der Waals surface area contributed by atoms with E-state index in [4.69, 9.17) is 4.74 Å². The summed E-state index contributed by atoms with van der Waals surface area (Å²) in [6, 6.07) is 3.77. The Morgan fingerprint density at radius 1 is 1.57 bits per heavy atom. The van der Waals surface area contributed by atoms with E-state index in [1.54, 1.807) is 13.3 Å². The van der Waals surface area contributed by atoms with Crippen molar-refractivity contribution in [1.29, 1.82) is 0 Å². The molecular weight excluding hydrogens is 180 g/mol. The van der Waals surface area contributed by atoms with Crippen molar-refractivity contribution in [3.63, 3.8) is 0 Å². The van der Waals surface area contributed by atoms with Crippen LogP contribution in [-0.2, 0) is 4.79 Å². The van der Waals surface area contributed by atoms with Crippen molar-refractivity contribution in [3.8, 4) is 5.88 Å². The molecule has 1 aromatic heterocycles. The molecule has 1 fully saturated rings. The average Bonchev–Trinajstić information content (AvgIpc) is 2.65. The lowest BCUT2D eigenvalue weighted by Gasteiger charge is -2.07. The second-order valence-electron chi connectivity index (χ2n) is 3.34. The zero-order valence-corrected chi connectivity index (χ0v) is 7.99. The van der Waals surface area contributed by atoms with Gasteiger partial charge in [0.1, 0.15) is 0 Å². The Morgan fingerprint density at radius 3 is 2.93 bits per heavy atom. The summed E-state index contributed by atoms with van der Waals surface area (Å²) in [5.74, 6) is 0.984. The standard InChI is InChI=1S/C10H12N2O2/c1-14-10-3-2-7(5-12-10)8-4-9(13)11-6-8/h2-3,5,8H,4,6H2,1H3,(H,11,13)/t8-/m0/s1. The van der Waals surface area contributed by atoms with Crippen LogP contribution in [0, 0.1) is 0 Å². The molecule has 4 heteroatoms. The molecule has 1 aromatic rings. The minimum Gasteiger partial charge on any atom is -0.481 e. The van der Waals surface area contributed by atoms with Gasteiger partial charge in [-0.2, -0.15) is 0 Å². The SMILES string of the molecule is COc1ccc([C@@H]2CNC(=O)C2)cn1.